The maximum Gasteiger partial charge on any atom is 0.229 e. The number of anilines is 3. The van der Waals surface area contributed by atoms with Gasteiger partial charge in [-0.05, 0) is 39.0 Å². The van der Waals surface area contributed by atoms with Crippen molar-refractivity contribution in [3.05, 3.63) is 41.8 Å². The van der Waals surface area contributed by atoms with Gasteiger partial charge in [0.15, 0.2) is 0 Å². The summed E-state index contributed by atoms with van der Waals surface area (Å²) in [6.07, 6.45) is 0. The van der Waals surface area contributed by atoms with Crippen LogP contribution in [0.2, 0.25) is 0 Å². The molecule has 0 bridgehead atoms. The molecule has 0 amide bonds. The van der Waals surface area contributed by atoms with Crippen molar-refractivity contribution in [1.82, 2.24) is 9.97 Å². The van der Waals surface area contributed by atoms with Crippen LogP contribution in [-0.4, -0.2) is 23.1 Å². The fourth-order valence-electron chi connectivity index (χ4n) is 2.01. The fraction of sp³-hybridized carbons (Fsp3) is 0.333. The number of benzene rings is 1. The molecule has 0 fully saturated rings. The molecule has 0 spiro atoms. The lowest BCUT2D eigenvalue weighted by molar-refractivity contribution is 0.628. The third kappa shape index (κ3) is 3.44. The largest absolute Gasteiger partial charge is 0.357 e. The first kappa shape index (κ1) is 14.2. The van der Waals surface area contributed by atoms with Crippen LogP contribution in [0.25, 0.3) is 0 Å². The van der Waals surface area contributed by atoms with Gasteiger partial charge in [-0.2, -0.15) is 4.98 Å². The topological polar surface area (TPSA) is 41.1 Å². The Morgan fingerprint density at radius 2 is 1.90 bits per heavy atom. The zero-order valence-corrected chi connectivity index (χ0v) is 12.0. The average molecular weight is 274 g/mol. The molecule has 2 aromatic rings. The molecule has 0 aliphatic rings. The second-order valence-corrected chi connectivity index (χ2v) is 4.50. The molecule has 0 saturated carbocycles. The second kappa shape index (κ2) is 6.32. The first-order valence-corrected chi connectivity index (χ1v) is 6.75. The summed E-state index contributed by atoms with van der Waals surface area (Å²) in [6.45, 7) is 7.85. The average Bonchev–Trinajstić information content (AvgIpc) is 2.39. The molecule has 1 heterocycles. The first-order valence-electron chi connectivity index (χ1n) is 6.75. The maximum absolute atomic E-state index is 13.2. The Labute approximate surface area is 118 Å². The number of nitrogens with one attached hydrogen (secondary N) is 1. The molecular formula is C15H19FN4. The highest BCUT2D eigenvalue weighted by Crippen LogP contribution is 2.18. The van der Waals surface area contributed by atoms with Crippen LogP contribution >= 0.6 is 0 Å². The van der Waals surface area contributed by atoms with Crippen LogP contribution in [0, 0.1) is 12.7 Å². The van der Waals surface area contributed by atoms with Crippen molar-refractivity contribution < 1.29 is 4.39 Å². The Morgan fingerprint density at radius 3 is 2.55 bits per heavy atom. The highest BCUT2D eigenvalue weighted by atomic mass is 19.1. The number of nitrogens with zero attached hydrogens (tertiary/aromatic N) is 3. The van der Waals surface area contributed by atoms with Crippen molar-refractivity contribution in [1.29, 1.82) is 0 Å². The molecule has 1 N–H and O–H groups in total. The molecular weight excluding hydrogens is 255 g/mol. The van der Waals surface area contributed by atoms with E-state index in [2.05, 4.69) is 34.0 Å². The van der Waals surface area contributed by atoms with Gasteiger partial charge < -0.3 is 10.2 Å². The lowest BCUT2D eigenvalue weighted by atomic mass is 10.3. The van der Waals surface area contributed by atoms with Crippen LogP contribution in [0.5, 0.6) is 0 Å². The fourth-order valence-corrected chi connectivity index (χ4v) is 2.01. The Kier molecular flexibility index (Phi) is 4.50. The van der Waals surface area contributed by atoms with Gasteiger partial charge in [-0.15, -0.1) is 0 Å². The van der Waals surface area contributed by atoms with E-state index in [4.69, 9.17) is 0 Å². The first-order chi connectivity index (χ1) is 9.62. The van der Waals surface area contributed by atoms with Gasteiger partial charge in [0, 0.05) is 30.5 Å². The molecule has 1 aromatic heterocycles. The summed E-state index contributed by atoms with van der Waals surface area (Å²) in [5, 5.41) is 3.04. The molecule has 20 heavy (non-hydrogen) atoms. The molecule has 5 heteroatoms. The molecule has 0 saturated heterocycles. The smallest absolute Gasteiger partial charge is 0.229 e. The van der Waals surface area contributed by atoms with Gasteiger partial charge >= 0.3 is 0 Å². The molecule has 0 unspecified atom stereocenters. The van der Waals surface area contributed by atoms with Crippen LogP contribution in [0.4, 0.5) is 21.8 Å². The second-order valence-electron chi connectivity index (χ2n) is 4.50. The highest BCUT2D eigenvalue weighted by Gasteiger charge is 2.08. The van der Waals surface area contributed by atoms with Gasteiger partial charge in [-0.1, -0.05) is 6.07 Å². The summed E-state index contributed by atoms with van der Waals surface area (Å²) in [7, 11) is 0. The number of halogens is 1. The van der Waals surface area contributed by atoms with Gasteiger partial charge in [0.1, 0.15) is 11.6 Å². The van der Waals surface area contributed by atoms with Gasteiger partial charge in [-0.3, -0.25) is 0 Å². The molecule has 0 radical (unpaired) electrons. The zero-order chi connectivity index (χ0) is 14.5. The monoisotopic (exact) mass is 274 g/mol. The summed E-state index contributed by atoms with van der Waals surface area (Å²) in [5.41, 5.74) is 1.52. The third-order valence-corrected chi connectivity index (χ3v) is 3.01. The third-order valence-electron chi connectivity index (χ3n) is 3.01. The zero-order valence-electron chi connectivity index (χ0n) is 12.0. The van der Waals surface area contributed by atoms with Crippen molar-refractivity contribution in [3.63, 3.8) is 0 Å². The van der Waals surface area contributed by atoms with E-state index in [1.54, 1.807) is 12.1 Å². The molecule has 4 nitrogen and oxygen atoms in total. The molecule has 0 aliphatic heterocycles. The summed E-state index contributed by atoms with van der Waals surface area (Å²) in [5.74, 6) is 1.07. The number of hydrogen-bond donors (Lipinski definition) is 1. The van der Waals surface area contributed by atoms with Gasteiger partial charge in [0.25, 0.3) is 0 Å². The van der Waals surface area contributed by atoms with Crippen molar-refractivity contribution in [2.24, 2.45) is 0 Å². The Hall–Kier alpha value is -2.17. The maximum atomic E-state index is 13.2. The summed E-state index contributed by atoms with van der Waals surface area (Å²) >= 11 is 0. The van der Waals surface area contributed by atoms with Crippen LogP contribution in [-0.2, 0) is 0 Å². The molecule has 2 rings (SSSR count). The van der Waals surface area contributed by atoms with Crippen molar-refractivity contribution in [2.75, 3.05) is 23.3 Å². The van der Waals surface area contributed by atoms with Crippen LogP contribution in [0.3, 0.4) is 0 Å². The summed E-state index contributed by atoms with van der Waals surface area (Å²) < 4.78 is 13.2. The lowest BCUT2D eigenvalue weighted by Crippen LogP contribution is -2.23. The Morgan fingerprint density at radius 1 is 1.15 bits per heavy atom. The number of aryl methyl sites for hydroxylation is 1. The van der Waals surface area contributed by atoms with E-state index < -0.39 is 0 Å². The van der Waals surface area contributed by atoms with E-state index in [1.807, 2.05) is 13.0 Å². The van der Waals surface area contributed by atoms with Gasteiger partial charge in [0.2, 0.25) is 5.95 Å². The Balaban J connectivity index is 2.28. The number of aromatic nitrogens is 2. The summed E-state index contributed by atoms with van der Waals surface area (Å²) in [4.78, 5) is 11.0. The van der Waals surface area contributed by atoms with E-state index in [9.17, 15) is 4.39 Å². The minimum absolute atomic E-state index is 0.286. The number of hydrogen-bond acceptors (Lipinski definition) is 4. The number of rotatable bonds is 5. The SMILES string of the molecule is CCN(CC)c1cc(C)nc(Nc2cccc(F)c2)n1. The molecule has 106 valence electrons. The van der Waals surface area contributed by atoms with Crippen LogP contribution in [0.15, 0.2) is 30.3 Å². The predicted octanol–water partition coefficient (Wildman–Crippen LogP) is 3.51. The standard InChI is InChI=1S/C15H19FN4/c1-4-20(5-2)14-9-11(3)17-15(19-14)18-13-8-6-7-12(16)10-13/h6-10H,4-5H2,1-3H3,(H,17,18,19). The normalized spacial score (nSPS) is 10.4. The highest BCUT2D eigenvalue weighted by molar-refractivity contribution is 5.55. The minimum Gasteiger partial charge on any atom is -0.357 e. The van der Waals surface area contributed by atoms with E-state index >= 15 is 0 Å². The van der Waals surface area contributed by atoms with E-state index in [0.717, 1.165) is 24.6 Å². The molecule has 0 aliphatic carbocycles. The predicted molar refractivity (Wildman–Crippen MR) is 80.0 cm³/mol. The van der Waals surface area contributed by atoms with Crippen molar-refractivity contribution >= 4 is 17.5 Å². The summed E-state index contributed by atoms with van der Waals surface area (Å²) in [6, 6.07) is 8.21. The van der Waals surface area contributed by atoms with Crippen molar-refractivity contribution in [3.8, 4) is 0 Å². The lowest BCUT2D eigenvalue weighted by Gasteiger charge is -2.20. The van der Waals surface area contributed by atoms with Crippen molar-refractivity contribution in [2.45, 2.75) is 20.8 Å². The molecule has 0 atom stereocenters. The van der Waals surface area contributed by atoms with Gasteiger partial charge in [0.05, 0.1) is 0 Å². The van der Waals surface area contributed by atoms with Gasteiger partial charge in [-0.25, -0.2) is 9.37 Å². The molecule has 1 aromatic carbocycles. The van der Waals surface area contributed by atoms with E-state index in [-0.39, 0.29) is 5.82 Å². The van der Waals surface area contributed by atoms with E-state index in [0.29, 0.717) is 11.6 Å². The van der Waals surface area contributed by atoms with Crippen LogP contribution < -0.4 is 10.2 Å². The Bertz CT molecular complexity index is 582. The van der Waals surface area contributed by atoms with Crippen LogP contribution in [0.1, 0.15) is 19.5 Å². The quantitative estimate of drug-likeness (QED) is 0.905. The minimum atomic E-state index is -0.286. The van der Waals surface area contributed by atoms with E-state index in [1.165, 1.54) is 12.1 Å².